The van der Waals surface area contributed by atoms with Gasteiger partial charge in [0.1, 0.15) is 23.1 Å². The molecule has 0 spiro atoms. The maximum absolute atomic E-state index is 14.3. The molecule has 0 aliphatic rings. The fraction of sp³-hybridized carbons (Fsp3) is 0.174. The summed E-state index contributed by atoms with van der Waals surface area (Å²) in [5.74, 6) is -0.760. The first-order valence-corrected chi connectivity index (χ1v) is 11.3. The minimum Gasteiger partial charge on any atom is -0.496 e. The molecule has 0 aliphatic heterocycles. The monoisotopic (exact) mass is 504 g/mol. The first kappa shape index (κ1) is 21.5. The number of para-hydroxylation sites is 1. The van der Waals surface area contributed by atoms with E-state index in [2.05, 4.69) is 21.2 Å². The Morgan fingerprint density at radius 2 is 1.97 bits per heavy atom. The highest BCUT2D eigenvalue weighted by atomic mass is 79.9. The van der Waals surface area contributed by atoms with E-state index in [1.807, 2.05) is 29.6 Å². The average Bonchev–Trinajstić information content (AvgIpc) is 3.30. The molecule has 4 rings (SSSR count). The number of carbonyl (C=O) groups is 1. The van der Waals surface area contributed by atoms with Crippen molar-refractivity contribution in [1.29, 1.82) is 0 Å². The minimum atomic E-state index is -0.643. The SMILES string of the molecule is COc1ccccc1CCNC(=O)c1cc2scc(Br)c2n1Cc1ccc(F)cc1F. The van der Waals surface area contributed by atoms with Crippen molar-refractivity contribution in [1.82, 2.24) is 9.88 Å². The number of hydrogen-bond donors (Lipinski definition) is 1. The number of ether oxygens (including phenoxy) is 1. The van der Waals surface area contributed by atoms with Crippen molar-refractivity contribution in [3.8, 4) is 5.75 Å². The zero-order chi connectivity index (χ0) is 22.0. The number of nitrogens with one attached hydrogen (secondary N) is 1. The van der Waals surface area contributed by atoms with Crippen LogP contribution in [0.4, 0.5) is 8.78 Å². The summed E-state index contributed by atoms with van der Waals surface area (Å²) in [5.41, 5.74) is 2.53. The molecule has 31 heavy (non-hydrogen) atoms. The van der Waals surface area contributed by atoms with Crippen LogP contribution in [-0.2, 0) is 13.0 Å². The van der Waals surface area contributed by atoms with Gasteiger partial charge >= 0.3 is 0 Å². The van der Waals surface area contributed by atoms with Crippen molar-refractivity contribution in [3.63, 3.8) is 0 Å². The molecule has 0 fully saturated rings. The maximum Gasteiger partial charge on any atom is 0.267 e. The average molecular weight is 505 g/mol. The maximum atomic E-state index is 14.3. The number of nitrogens with zero attached hydrogens (tertiary/aromatic N) is 1. The first-order chi connectivity index (χ1) is 15.0. The number of thiophene rings is 1. The van der Waals surface area contributed by atoms with Crippen LogP contribution in [-0.4, -0.2) is 24.1 Å². The van der Waals surface area contributed by atoms with Crippen LogP contribution in [0.3, 0.4) is 0 Å². The number of halogens is 3. The second-order valence-electron chi connectivity index (χ2n) is 6.97. The van der Waals surface area contributed by atoms with E-state index < -0.39 is 11.6 Å². The summed E-state index contributed by atoms with van der Waals surface area (Å²) in [6.07, 6.45) is 0.612. The summed E-state index contributed by atoms with van der Waals surface area (Å²) in [5, 5.41) is 4.86. The van der Waals surface area contributed by atoms with Crippen molar-refractivity contribution < 1.29 is 18.3 Å². The number of amides is 1. The van der Waals surface area contributed by atoms with Gasteiger partial charge in [-0.25, -0.2) is 8.78 Å². The van der Waals surface area contributed by atoms with Gasteiger partial charge in [-0.15, -0.1) is 11.3 Å². The summed E-state index contributed by atoms with van der Waals surface area (Å²) in [4.78, 5) is 13.0. The Labute approximate surface area is 190 Å². The highest BCUT2D eigenvalue weighted by molar-refractivity contribution is 9.10. The zero-order valence-electron chi connectivity index (χ0n) is 16.6. The van der Waals surface area contributed by atoms with Gasteiger partial charge in [-0.05, 0) is 46.1 Å². The number of hydrogen-bond acceptors (Lipinski definition) is 3. The molecule has 1 N–H and O–H groups in total. The second kappa shape index (κ2) is 9.20. The van der Waals surface area contributed by atoms with Gasteiger partial charge in [0.25, 0.3) is 5.91 Å². The van der Waals surface area contributed by atoms with Crippen LogP contribution in [0.1, 0.15) is 21.6 Å². The van der Waals surface area contributed by atoms with Crippen molar-refractivity contribution >= 4 is 43.4 Å². The molecule has 0 saturated heterocycles. The fourth-order valence-electron chi connectivity index (χ4n) is 3.51. The lowest BCUT2D eigenvalue weighted by Crippen LogP contribution is -2.28. The molecule has 8 heteroatoms. The molecule has 1 amide bonds. The molecular formula is C23H19BrF2N2O2S. The molecule has 0 aliphatic carbocycles. The summed E-state index contributed by atoms with van der Waals surface area (Å²) >= 11 is 5.00. The van der Waals surface area contributed by atoms with Gasteiger partial charge in [-0.2, -0.15) is 0 Å². The van der Waals surface area contributed by atoms with Crippen LogP contribution in [0, 0.1) is 11.6 Å². The Hall–Kier alpha value is -2.71. The summed E-state index contributed by atoms with van der Waals surface area (Å²) < 4.78 is 36.4. The number of aromatic nitrogens is 1. The lowest BCUT2D eigenvalue weighted by molar-refractivity contribution is 0.0945. The van der Waals surface area contributed by atoms with Crippen LogP contribution in [0.5, 0.6) is 5.75 Å². The highest BCUT2D eigenvalue weighted by Crippen LogP contribution is 2.34. The van der Waals surface area contributed by atoms with Crippen molar-refractivity contribution in [2.24, 2.45) is 0 Å². The highest BCUT2D eigenvalue weighted by Gasteiger charge is 2.20. The minimum absolute atomic E-state index is 0.111. The third-order valence-corrected chi connectivity index (χ3v) is 6.85. The number of benzene rings is 2. The Morgan fingerprint density at radius 3 is 2.74 bits per heavy atom. The lowest BCUT2D eigenvalue weighted by Gasteiger charge is -2.13. The number of rotatable bonds is 7. The third kappa shape index (κ3) is 4.50. The normalized spacial score (nSPS) is 11.1. The summed E-state index contributed by atoms with van der Waals surface area (Å²) in [6, 6.07) is 12.9. The molecular weight excluding hydrogens is 486 g/mol. The number of fused-ring (bicyclic) bond motifs is 1. The molecule has 0 atom stereocenters. The van der Waals surface area contributed by atoms with Crippen molar-refractivity contribution in [3.05, 3.63) is 86.8 Å². The Bertz CT molecular complexity index is 1250. The standard InChI is InChI=1S/C23H19BrF2N2O2S/c1-30-20-5-3-2-4-14(20)8-9-27-23(29)19-11-21-22(17(24)13-31-21)28(19)12-15-6-7-16(25)10-18(15)26/h2-7,10-11,13H,8-9,12H2,1H3,(H,27,29). The molecule has 160 valence electrons. The summed E-state index contributed by atoms with van der Waals surface area (Å²) in [7, 11) is 1.61. The zero-order valence-corrected chi connectivity index (χ0v) is 19.0. The molecule has 0 bridgehead atoms. The van der Waals surface area contributed by atoms with E-state index >= 15 is 0 Å². The van der Waals surface area contributed by atoms with Gasteiger partial charge in [-0.1, -0.05) is 24.3 Å². The quantitative estimate of drug-likeness (QED) is 0.347. The largest absolute Gasteiger partial charge is 0.496 e. The van der Waals surface area contributed by atoms with Gasteiger partial charge < -0.3 is 14.6 Å². The van der Waals surface area contributed by atoms with Crippen LogP contribution in [0.25, 0.3) is 10.2 Å². The smallest absolute Gasteiger partial charge is 0.267 e. The van der Waals surface area contributed by atoms with E-state index in [0.717, 1.165) is 32.1 Å². The van der Waals surface area contributed by atoms with Crippen LogP contribution in [0.2, 0.25) is 0 Å². The Kier molecular flexibility index (Phi) is 6.38. The Morgan fingerprint density at radius 1 is 1.16 bits per heavy atom. The topological polar surface area (TPSA) is 43.3 Å². The van der Waals surface area contributed by atoms with E-state index in [9.17, 15) is 13.6 Å². The third-order valence-electron chi connectivity index (χ3n) is 5.03. The van der Waals surface area contributed by atoms with E-state index in [1.165, 1.54) is 23.5 Å². The van der Waals surface area contributed by atoms with E-state index in [0.29, 0.717) is 24.2 Å². The summed E-state index contributed by atoms with van der Waals surface area (Å²) in [6.45, 7) is 0.532. The molecule has 4 nitrogen and oxygen atoms in total. The number of carbonyl (C=O) groups excluding carboxylic acids is 1. The molecule has 4 aromatic rings. The molecule has 2 aromatic carbocycles. The van der Waals surface area contributed by atoms with E-state index in [-0.39, 0.29) is 12.5 Å². The molecule has 0 unspecified atom stereocenters. The molecule has 0 radical (unpaired) electrons. The van der Waals surface area contributed by atoms with Gasteiger partial charge in [0.05, 0.1) is 28.3 Å². The fourth-order valence-corrected chi connectivity index (χ4v) is 5.21. The second-order valence-corrected chi connectivity index (χ2v) is 8.73. The van der Waals surface area contributed by atoms with E-state index in [1.54, 1.807) is 17.7 Å². The van der Waals surface area contributed by atoms with Crippen LogP contribution in [0.15, 0.2) is 58.4 Å². The van der Waals surface area contributed by atoms with Gasteiger partial charge in [-0.3, -0.25) is 4.79 Å². The van der Waals surface area contributed by atoms with Crippen molar-refractivity contribution in [2.45, 2.75) is 13.0 Å². The number of methoxy groups -OCH3 is 1. The van der Waals surface area contributed by atoms with Gasteiger partial charge in [0.2, 0.25) is 0 Å². The van der Waals surface area contributed by atoms with Crippen LogP contribution >= 0.6 is 27.3 Å². The molecule has 2 aromatic heterocycles. The molecule has 2 heterocycles. The first-order valence-electron chi connectivity index (χ1n) is 9.58. The predicted octanol–water partition coefficient (Wildman–Crippen LogP) is 5.77. The van der Waals surface area contributed by atoms with Gasteiger partial charge in [0, 0.05) is 23.6 Å². The van der Waals surface area contributed by atoms with Gasteiger partial charge in [0.15, 0.2) is 0 Å². The van der Waals surface area contributed by atoms with Crippen LogP contribution < -0.4 is 10.1 Å². The lowest BCUT2D eigenvalue weighted by atomic mass is 10.1. The van der Waals surface area contributed by atoms with E-state index in [4.69, 9.17) is 4.74 Å². The molecule has 0 saturated carbocycles. The van der Waals surface area contributed by atoms with Crippen molar-refractivity contribution in [2.75, 3.05) is 13.7 Å². The predicted molar refractivity (Wildman–Crippen MR) is 122 cm³/mol. The Balaban J connectivity index is 1.58.